The summed E-state index contributed by atoms with van der Waals surface area (Å²) in [5.41, 5.74) is 1.98. The molecule has 0 spiro atoms. The average molecular weight is 329 g/mol. The molecule has 2 aromatic rings. The number of aryl methyl sites for hydroxylation is 1. The molecule has 0 saturated heterocycles. The lowest BCUT2D eigenvalue weighted by Crippen LogP contribution is -1.82. The quantitative estimate of drug-likeness (QED) is 0.676. The van der Waals surface area contributed by atoms with Crippen molar-refractivity contribution in [3.63, 3.8) is 0 Å². The van der Waals surface area contributed by atoms with Gasteiger partial charge in [-0.15, -0.1) is 0 Å². The second-order valence-corrected chi connectivity index (χ2v) is 5.04. The van der Waals surface area contributed by atoms with E-state index >= 15 is 0 Å². The largest absolute Gasteiger partial charge is 0.0620 e. The predicted molar refractivity (Wildman–Crippen MR) is 72.0 cm³/mol. The van der Waals surface area contributed by atoms with Gasteiger partial charge < -0.3 is 0 Å². The Morgan fingerprint density at radius 2 is 1.67 bits per heavy atom. The highest BCUT2D eigenvalue weighted by Gasteiger charge is 2.02. The third-order valence-electron chi connectivity index (χ3n) is 2.10. The molecule has 0 unspecified atom stereocenters. The van der Waals surface area contributed by atoms with Crippen LogP contribution in [0.3, 0.4) is 0 Å². The number of hydrogen-bond donors (Lipinski definition) is 0. The SMILES string of the molecule is [2H]C([2H])([2H])c1ccccc1-c1cc(Br)cc(Br)c1. The maximum absolute atomic E-state index is 7.58. The zero-order valence-corrected chi connectivity index (χ0v) is 11.0. The summed E-state index contributed by atoms with van der Waals surface area (Å²) in [4.78, 5) is 0. The summed E-state index contributed by atoms with van der Waals surface area (Å²) in [7, 11) is 0. The van der Waals surface area contributed by atoms with E-state index < -0.39 is 6.85 Å². The molecule has 0 saturated carbocycles. The van der Waals surface area contributed by atoms with Gasteiger partial charge in [-0.1, -0.05) is 56.1 Å². The van der Waals surface area contributed by atoms with Gasteiger partial charge in [-0.05, 0) is 41.7 Å². The molecule has 2 rings (SSSR count). The van der Waals surface area contributed by atoms with Gasteiger partial charge in [-0.2, -0.15) is 0 Å². The van der Waals surface area contributed by atoms with E-state index in [9.17, 15) is 0 Å². The van der Waals surface area contributed by atoms with E-state index in [1.165, 1.54) is 0 Å². The van der Waals surface area contributed by atoms with Crippen molar-refractivity contribution in [3.8, 4) is 11.1 Å². The van der Waals surface area contributed by atoms with E-state index in [-0.39, 0.29) is 0 Å². The molecule has 0 nitrogen and oxygen atoms in total. The highest BCUT2D eigenvalue weighted by Crippen LogP contribution is 2.29. The minimum atomic E-state index is -2.11. The summed E-state index contributed by atoms with van der Waals surface area (Å²) in [6.45, 7) is -2.11. The molecule has 0 fully saturated rings. The highest BCUT2D eigenvalue weighted by atomic mass is 79.9. The summed E-state index contributed by atoms with van der Waals surface area (Å²) >= 11 is 6.83. The number of hydrogen-bond acceptors (Lipinski definition) is 0. The zero-order chi connectivity index (χ0) is 13.3. The molecule has 0 N–H and O–H groups in total. The first-order valence-corrected chi connectivity index (χ1v) is 6.02. The number of rotatable bonds is 1. The lowest BCUT2D eigenvalue weighted by atomic mass is 10.0. The van der Waals surface area contributed by atoms with E-state index in [1.54, 1.807) is 12.1 Å². The zero-order valence-electron chi connectivity index (χ0n) is 10.8. The van der Waals surface area contributed by atoms with Crippen LogP contribution in [0.1, 0.15) is 9.68 Å². The van der Waals surface area contributed by atoms with Crippen molar-refractivity contribution in [2.45, 2.75) is 6.85 Å². The van der Waals surface area contributed by atoms with Crippen molar-refractivity contribution < 1.29 is 4.11 Å². The first kappa shape index (κ1) is 7.64. The predicted octanol–water partition coefficient (Wildman–Crippen LogP) is 5.19. The van der Waals surface area contributed by atoms with Crippen molar-refractivity contribution in [1.29, 1.82) is 0 Å². The molecule has 0 aromatic heterocycles. The summed E-state index contributed by atoms with van der Waals surface area (Å²) < 4.78 is 24.6. The van der Waals surface area contributed by atoms with Gasteiger partial charge in [-0.3, -0.25) is 0 Å². The molecular formula is C13H10Br2. The van der Waals surface area contributed by atoms with Gasteiger partial charge in [0.05, 0.1) is 0 Å². The van der Waals surface area contributed by atoms with Crippen molar-refractivity contribution in [3.05, 3.63) is 57.0 Å². The van der Waals surface area contributed by atoms with Crippen LogP contribution in [0, 0.1) is 6.85 Å². The molecule has 15 heavy (non-hydrogen) atoms. The van der Waals surface area contributed by atoms with Crippen LogP contribution in [0.4, 0.5) is 0 Å². The van der Waals surface area contributed by atoms with E-state index in [0.29, 0.717) is 5.56 Å². The molecule has 0 bridgehead atoms. The second kappa shape index (κ2) is 4.50. The molecule has 0 amide bonds. The van der Waals surface area contributed by atoms with E-state index in [0.717, 1.165) is 20.1 Å². The van der Waals surface area contributed by atoms with Crippen LogP contribution < -0.4 is 0 Å². The summed E-state index contributed by atoms with van der Waals surface area (Å²) in [6.07, 6.45) is 0. The molecule has 0 radical (unpaired) electrons. The van der Waals surface area contributed by atoms with Gasteiger partial charge in [0.25, 0.3) is 0 Å². The van der Waals surface area contributed by atoms with Gasteiger partial charge in [0, 0.05) is 13.1 Å². The molecule has 0 aliphatic rings. The average Bonchev–Trinajstić information content (AvgIpc) is 2.26. The molecule has 2 heteroatoms. The standard InChI is InChI=1S/C13H10Br2/c1-9-4-2-3-5-13(9)10-6-11(14)8-12(15)7-10/h2-8H,1H3/i1D3. The molecule has 0 atom stereocenters. The fourth-order valence-electron chi connectivity index (χ4n) is 1.44. The molecule has 0 heterocycles. The van der Waals surface area contributed by atoms with Crippen LogP contribution in [0.15, 0.2) is 51.4 Å². The summed E-state index contributed by atoms with van der Waals surface area (Å²) in [6, 6.07) is 12.8. The maximum atomic E-state index is 7.58. The van der Waals surface area contributed by atoms with Gasteiger partial charge in [0.2, 0.25) is 0 Å². The van der Waals surface area contributed by atoms with Crippen molar-refractivity contribution >= 4 is 31.9 Å². The van der Waals surface area contributed by atoms with Crippen molar-refractivity contribution in [2.24, 2.45) is 0 Å². The Labute approximate surface area is 111 Å². The Morgan fingerprint density at radius 3 is 2.33 bits per heavy atom. The lowest BCUT2D eigenvalue weighted by molar-refractivity contribution is 1.45. The van der Waals surface area contributed by atoms with E-state index in [1.807, 2.05) is 30.3 Å². The fraction of sp³-hybridized carbons (Fsp3) is 0.0769. The lowest BCUT2D eigenvalue weighted by Gasteiger charge is -2.06. The summed E-state index contributed by atoms with van der Waals surface area (Å²) in [5, 5.41) is 0. The van der Waals surface area contributed by atoms with Crippen LogP contribution in [-0.4, -0.2) is 0 Å². The van der Waals surface area contributed by atoms with Gasteiger partial charge >= 0.3 is 0 Å². The van der Waals surface area contributed by atoms with Crippen LogP contribution >= 0.6 is 31.9 Å². The monoisotopic (exact) mass is 327 g/mol. The van der Waals surface area contributed by atoms with E-state index in [2.05, 4.69) is 31.9 Å². The molecule has 0 aliphatic carbocycles. The summed E-state index contributed by atoms with van der Waals surface area (Å²) in [5.74, 6) is 0. The second-order valence-electron chi connectivity index (χ2n) is 3.20. The van der Waals surface area contributed by atoms with Gasteiger partial charge in [0.15, 0.2) is 0 Å². The smallest absolute Gasteiger partial charge is 0.0280 e. The van der Waals surface area contributed by atoms with Gasteiger partial charge in [0.1, 0.15) is 0 Å². The Kier molecular flexibility index (Phi) is 2.29. The highest BCUT2D eigenvalue weighted by molar-refractivity contribution is 9.11. The Hall–Kier alpha value is -0.600. The molecule has 0 aliphatic heterocycles. The topological polar surface area (TPSA) is 0 Å². The number of benzene rings is 2. The van der Waals surface area contributed by atoms with Crippen LogP contribution in [-0.2, 0) is 0 Å². The fourth-order valence-corrected chi connectivity index (χ4v) is 2.74. The third-order valence-corrected chi connectivity index (χ3v) is 3.02. The first-order chi connectivity index (χ1) is 8.38. The Bertz CT molecular complexity index is 556. The Morgan fingerprint density at radius 1 is 1.00 bits per heavy atom. The van der Waals surface area contributed by atoms with Crippen LogP contribution in [0.2, 0.25) is 0 Å². The van der Waals surface area contributed by atoms with Crippen molar-refractivity contribution in [2.75, 3.05) is 0 Å². The minimum Gasteiger partial charge on any atom is -0.0620 e. The third kappa shape index (κ3) is 2.50. The molecule has 2 aromatic carbocycles. The first-order valence-electron chi connectivity index (χ1n) is 5.94. The van der Waals surface area contributed by atoms with Gasteiger partial charge in [-0.25, -0.2) is 0 Å². The van der Waals surface area contributed by atoms with Crippen molar-refractivity contribution in [1.82, 2.24) is 0 Å². The number of halogens is 2. The van der Waals surface area contributed by atoms with Crippen LogP contribution in [0.5, 0.6) is 0 Å². The Balaban J connectivity index is 2.64. The van der Waals surface area contributed by atoms with Crippen LogP contribution in [0.25, 0.3) is 11.1 Å². The maximum Gasteiger partial charge on any atom is 0.0280 e. The minimum absolute atomic E-state index is 0.370. The van der Waals surface area contributed by atoms with E-state index in [4.69, 9.17) is 4.11 Å². The normalized spacial score (nSPS) is 14.1. The molecule has 76 valence electrons. The molecular weight excluding hydrogens is 316 g/mol.